The lowest BCUT2D eigenvalue weighted by molar-refractivity contribution is 0.256. The van der Waals surface area contributed by atoms with E-state index in [2.05, 4.69) is 15.1 Å². The summed E-state index contributed by atoms with van der Waals surface area (Å²) in [7, 11) is -0.374. The normalized spacial score (nSPS) is 12.9. The second-order valence-electron chi connectivity index (χ2n) is 8.99. The molecule has 0 saturated heterocycles. The van der Waals surface area contributed by atoms with E-state index >= 15 is 0 Å². The van der Waals surface area contributed by atoms with E-state index in [1.807, 2.05) is 53.6 Å². The summed E-state index contributed by atoms with van der Waals surface area (Å²) in [5, 5.41) is 6.75. The molecule has 1 heterocycles. The van der Waals surface area contributed by atoms with E-state index in [0.717, 1.165) is 25.0 Å². The highest BCUT2D eigenvalue weighted by molar-refractivity contribution is 7.90. The van der Waals surface area contributed by atoms with E-state index in [-0.39, 0.29) is 22.9 Å². The van der Waals surface area contributed by atoms with Crippen molar-refractivity contribution in [3.05, 3.63) is 40.8 Å². The first kappa shape index (κ1) is 27.8. The number of carbonyl (C=O) groups excluding carboxylic acids is 1. The highest BCUT2D eigenvalue weighted by Gasteiger charge is 2.27. The number of nitrogens with zero attached hydrogens (tertiary/aromatic N) is 3. The maximum Gasteiger partial charge on any atom is 0.333 e. The largest absolute Gasteiger partial charge is 0.333 e. The molecule has 0 radical (unpaired) electrons. The van der Waals surface area contributed by atoms with Crippen LogP contribution in [-0.2, 0) is 22.9 Å². The first-order valence-electron chi connectivity index (χ1n) is 11.9. The number of anilines is 1. The second kappa shape index (κ2) is 11.8. The van der Waals surface area contributed by atoms with Crippen LogP contribution in [0.2, 0.25) is 0 Å². The van der Waals surface area contributed by atoms with Gasteiger partial charge in [0.25, 0.3) is 10.0 Å². The van der Waals surface area contributed by atoms with Gasteiger partial charge >= 0.3 is 6.03 Å². The fourth-order valence-electron chi connectivity index (χ4n) is 4.15. The van der Waals surface area contributed by atoms with Gasteiger partial charge in [-0.3, -0.25) is 4.68 Å². The highest BCUT2D eigenvalue weighted by Crippen LogP contribution is 2.28. The monoisotopic (exact) mass is 495 g/mol. The quantitative estimate of drug-likeness (QED) is 0.456. The molecule has 0 aliphatic heterocycles. The summed E-state index contributed by atoms with van der Waals surface area (Å²) in [6.45, 7) is 9.78. The van der Waals surface area contributed by atoms with Crippen LogP contribution in [0.5, 0.6) is 0 Å². The first-order valence-corrected chi connectivity index (χ1v) is 13.3. The minimum absolute atomic E-state index is 0.0277. The summed E-state index contributed by atoms with van der Waals surface area (Å²) < 4.78 is 44.0. The number of benzene rings is 1. The molecule has 0 bridgehead atoms. The lowest BCUT2D eigenvalue weighted by Gasteiger charge is -2.24. The lowest BCUT2D eigenvalue weighted by atomic mass is 10.00. The van der Waals surface area contributed by atoms with Crippen molar-refractivity contribution < 1.29 is 17.6 Å². The number of rotatable bonds is 11. The second-order valence-corrected chi connectivity index (χ2v) is 10.6. The Morgan fingerprint density at radius 3 is 2.09 bits per heavy atom. The topological polar surface area (TPSA) is 96.3 Å². The summed E-state index contributed by atoms with van der Waals surface area (Å²) in [6.07, 6.45) is 3.39. The van der Waals surface area contributed by atoms with Crippen molar-refractivity contribution in [2.45, 2.75) is 83.8 Å². The van der Waals surface area contributed by atoms with Crippen LogP contribution in [0.4, 0.5) is 14.9 Å². The summed E-state index contributed by atoms with van der Waals surface area (Å²) >= 11 is 0. The Bertz CT molecular complexity index is 1070. The van der Waals surface area contributed by atoms with Gasteiger partial charge in [0.2, 0.25) is 0 Å². The molecule has 2 N–H and O–H groups in total. The van der Waals surface area contributed by atoms with Crippen molar-refractivity contribution in [2.75, 3.05) is 19.4 Å². The Balaban J connectivity index is 2.37. The molecule has 1 aromatic heterocycles. The lowest BCUT2D eigenvalue weighted by Crippen LogP contribution is -2.35. The maximum atomic E-state index is 14.1. The van der Waals surface area contributed by atoms with Crippen LogP contribution < -0.4 is 10.0 Å². The molecule has 2 amide bonds. The van der Waals surface area contributed by atoms with Crippen molar-refractivity contribution in [3.8, 4) is 0 Å². The molecule has 190 valence electrons. The number of nitrogens with one attached hydrogen (secondary N) is 2. The van der Waals surface area contributed by atoms with Gasteiger partial charge in [0.05, 0.1) is 11.7 Å². The van der Waals surface area contributed by atoms with Crippen LogP contribution in [0, 0.1) is 5.82 Å². The Morgan fingerprint density at radius 2 is 1.65 bits per heavy atom. The van der Waals surface area contributed by atoms with Gasteiger partial charge in [-0.25, -0.2) is 13.9 Å². The van der Waals surface area contributed by atoms with Gasteiger partial charge in [-0.05, 0) is 70.5 Å². The number of aromatic nitrogens is 2. The molecular formula is C24H38FN5O3S. The predicted octanol–water partition coefficient (Wildman–Crippen LogP) is 5.03. The minimum Gasteiger partial charge on any atom is -0.307 e. The Labute approximate surface area is 203 Å². The van der Waals surface area contributed by atoms with Gasteiger partial charge in [-0.2, -0.15) is 13.5 Å². The van der Waals surface area contributed by atoms with Gasteiger partial charge in [0.15, 0.2) is 5.03 Å². The number of halogens is 1. The van der Waals surface area contributed by atoms with Gasteiger partial charge in [0, 0.05) is 17.8 Å². The number of urea groups is 1. The van der Waals surface area contributed by atoms with Crippen molar-refractivity contribution in [1.82, 2.24) is 19.4 Å². The third-order valence-corrected chi connectivity index (χ3v) is 6.83. The van der Waals surface area contributed by atoms with Gasteiger partial charge in [0.1, 0.15) is 5.82 Å². The van der Waals surface area contributed by atoms with Crippen LogP contribution in [0.15, 0.2) is 23.2 Å². The Kier molecular flexibility index (Phi) is 9.64. The summed E-state index contributed by atoms with van der Waals surface area (Å²) in [6, 6.07) is 3.30. The molecule has 0 fully saturated rings. The van der Waals surface area contributed by atoms with Crippen molar-refractivity contribution in [2.24, 2.45) is 0 Å². The van der Waals surface area contributed by atoms with Crippen molar-refractivity contribution in [1.29, 1.82) is 0 Å². The van der Waals surface area contributed by atoms with Crippen LogP contribution in [0.25, 0.3) is 0 Å². The number of aryl methyl sites for hydroxylation is 2. The summed E-state index contributed by atoms with van der Waals surface area (Å²) in [5.74, 6) is -0.372. The van der Waals surface area contributed by atoms with Crippen LogP contribution >= 0.6 is 0 Å². The van der Waals surface area contributed by atoms with Crippen LogP contribution in [0.3, 0.4) is 0 Å². The van der Waals surface area contributed by atoms with E-state index in [0.29, 0.717) is 29.7 Å². The van der Waals surface area contributed by atoms with Crippen LogP contribution in [0.1, 0.15) is 82.8 Å². The van der Waals surface area contributed by atoms with Crippen LogP contribution in [-0.4, -0.2) is 43.2 Å². The van der Waals surface area contributed by atoms with E-state index in [1.54, 1.807) is 4.68 Å². The molecule has 2 rings (SSSR count). The average molecular weight is 496 g/mol. The molecule has 10 heteroatoms. The number of amides is 2. The van der Waals surface area contributed by atoms with E-state index in [1.165, 1.54) is 18.2 Å². The smallest absolute Gasteiger partial charge is 0.307 e. The van der Waals surface area contributed by atoms with Gasteiger partial charge in [-0.1, -0.05) is 33.6 Å². The molecule has 1 atom stereocenters. The number of hydrogen-bond acceptors (Lipinski definition) is 5. The maximum absolute atomic E-state index is 14.1. The van der Waals surface area contributed by atoms with Crippen molar-refractivity contribution >= 4 is 21.7 Å². The number of carbonyl (C=O) groups is 1. The standard InChI is InChI=1S/C24H38FN5O3S/c1-8-11-17-13-19(25)14-18(12-9-2)23(17)26-24(31)28-34(32,33)22-15-21(20(10-3)29(6)7)30(27-22)16(4)5/h13-16,20H,8-12H2,1-7H3,(H2,26,28,31). The minimum atomic E-state index is -4.23. The summed E-state index contributed by atoms with van der Waals surface area (Å²) in [4.78, 5) is 14.8. The third-order valence-electron chi connectivity index (χ3n) is 5.63. The molecule has 0 spiro atoms. The zero-order chi connectivity index (χ0) is 25.6. The molecule has 34 heavy (non-hydrogen) atoms. The van der Waals surface area contributed by atoms with E-state index in [4.69, 9.17) is 0 Å². The van der Waals surface area contributed by atoms with Gasteiger partial charge in [-0.15, -0.1) is 0 Å². The Hall–Kier alpha value is -2.46. The van der Waals surface area contributed by atoms with Crippen molar-refractivity contribution in [3.63, 3.8) is 0 Å². The number of sulfonamides is 1. The fourth-order valence-corrected chi connectivity index (χ4v) is 5.02. The number of hydrogen-bond donors (Lipinski definition) is 2. The molecule has 2 aromatic rings. The average Bonchev–Trinajstić information content (AvgIpc) is 3.17. The predicted molar refractivity (Wildman–Crippen MR) is 133 cm³/mol. The molecule has 0 aliphatic rings. The SMILES string of the molecule is CCCc1cc(F)cc(CCC)c1NC(=O)NS(=O)(=O)c1cc(C(CC)N(C)C)n(C(C)C)n1. The zero-order valence-corrected chi connectivity index (χ0v) is 22.1. The zero-order valence-electron chi connectivity index (χ0n) is 21.3. The molecular weight excluding hydrogens is 457 g/mol. The third kappa shape index (κ3) is 6.56. The Morgan fingerprint density at radius 1 is 1.09 bits per heavy atom. The fraction of sp³-hybridized carbons (Fsp3) is 0.583. The molecule has 0 saturated carbocycles. The molecule has 1 unspecified atom stereocenters. The first-order chi connectivity index (χ1) is 15.9. The molecule has 0 aliphatic carbocycles. The molecule has 1 aromatic carbocycles. The van der Waals surface area contributed by atoms with Gasteiger partial charge < -0.3 is 10.2 Å². The highest BCUT2D eigenvalue weighted by atomic mass is 32.2. The van der Waals surface area contributed by atoms with E-state index in [9.17, 15) is 17.6 Å². The molecule has 8 nitrogen and oxygen atoms in total. The summed E-state index contributed by atoms with van der Waals surface area (Å²) in [5.41, 5.74) is 2.51. The van der Waals surface area contributed by atoms with E-state index < -0.39 is 16.1 Å².